The van der Waals surface area contributed by atoms with Gasteiger partial charge in [0.25, 0.3) is 5.56 Å². The van der Waals surface area contributed by atoms with Gasteiger partial charge in [0.1, 0.15) is 5.82 Å². The van der Waals surface area contributed by atoms with Crippen molar-refractivity contribution in [3.05, 3.63) is 70.3 Å². The molecule has 5 heteroatoms. The van der Waals surface area contributed by atoms with Gasteiger partial charge in [-0.1, -0.05) is 122 Å². The van der Waals surface area contributed by atoms with Crippen molar-refractivity contribution in [2.45, 2.75) is 124 Å². The van der Waals surface area contributed by atoms with E-state index < -0.39 is 0 Å². The summed E-state index contributed by atoms with van der Waals surface area (Å²) < 4.78 is 1.73. The summed E-state index contributed by atoms with van der Waals surface area (Å²) in [6, 6.07) is 15.2. The Morgan fingerprint density at radius 3 is 2.00 bits per heavy atom. The maximum atomic E-state index is 13.9. The lowest BCUT2D eigenvalue weighted by Gasteiger charge is -2.33. The molecule has 1 aromatic heterocycles. The number of aromatic nitrogens is 2. The van der Waals surface area contributed by atoms with Crippen molar-refractivity contribution in [1.82, 2.24) is 14.5 Å². The Bertz CT molecular complexity index is 1260. The van der Waals surface area contributed by atoms with Gasteiger partial charge < -0.3 is 4.90 Å². The predicted molar refractivity (Wildman–Crippen MR) is 173 cm³/mol. The number of carbonyl (C=O) groups excluding carboxylic acids is 1. The van der Waals surface area contributed by atoms with Crippen molar-refractivity contribution in [3.8, 4) is 5.69 Å². The van der Waals surface area contributed by atoms with E-state index in [1.807, 2.05) is 60.4 Å². The van der Waals surface area contributed by atoms with Crippen molar-refractivity contribution in [2.24, 2.45) is 5.92 Å². The molecule has 3 aromatic rings. The van der Waals surface area contributed by atoms with Crippen LogP contribution in [-0.4, -0.2) is 26.9 Å². The maximum Gasteiger partial charge on any atom is 0.266 e. The van der Waals surface area contributed by atoms with Crippen molar-refractivity contribution in [2.75, 3.05) is 6.54 Å². The van der Waals surface area contributed by atoms with Gasteiger partial charge >= 0.3 is 0 Å². The van der Waals surface area contributed by atoms with Gasteiger partial charge in [0.2, 0.25) is 5.91 Å². The van der Waals surface area contributed by atoms with Crippen LogP contribution in [0.25, 0.3) is 16.6 Å². The van der Waals surface area contributed by atoms with Crippen molar-refractivity contribution in [1.29, 1.82) is 0 Å². The van der Waals surface area contributed by atoms with E-state index in [2.05, 4.69) is 27.7 Å². The first-order valence-corrected chi connectivity index (χ1v) is 16.3. The summed E-state index contributed by atoms with van der Waals surface area (Å²) in [5.74, 6) is 1.12. The summed E-state index contributed by atoms with van der Waals surface area (Å²) in [5.41, 5.74) is 2.51. The fraction of sp³-hybridized carbons (Fsp3) is 0.583. The normalized spacial score (nSPS) is 12.2. The summed E-state index contributed by atoms with van der Waals surface area (Å²) >= 11 is 0. The molecular formula is C36H53N3O2. The van der Waals surface area contributed by atoms with Crippen LogP contribution in [0.1, 0.15) is 129 Å². The molecule has 5 nitrogen and oxygen atoms in total. The lowest BCUT2D eigenvalue weighted by molar-refractivity contribution is -0.134. The van der Waals surface area contributed by atoms with Crippen molar-refractivity contribution >= 4 is 16.8 Å². The number of rotatable bonds is 18. The first-order chi connectivity index (χ1) is 19.9. The van der Waals surface area contributed by atoms with E-state index in [9.17, 15) is 9.59 Å². The van der Waals surface area contributed by atoms with Crippen LogP contribution in [0, 0.1) is 12.8 Å². The molecule has 224 valence electrons. The fourth-order valence-electron chi connectivity index (χ4n) is 5.74. The predicted octanol–water partition coefficient (Wildman–Crippen LogP) is 9.33. The Kier molecular flexibility index (Phi) is 13.6. The summed E-state index contributed by atoms with van der Waals surface area (Å²) in [4.78, 5) is 34.7. The number of carbonyl (C=O) groups is 1. The number of benzene rings is 2. The van der Waals surface area contributed by atoms with E-state index in [1.54, 1.807) is 4.57 Å². The van der Waals surface area contributed by atoms with Gasteiger partial charge in [-0.15, -0.1) is 0 Å². The van der Waals surface area contributed by atoms with Crippen LogP contribution in [0.3, 0.4) is 0 Å². The molecule has 0 aliphatic carbocycles. The standard InChI is InChI=1S/C36H53N3O2/c1-6-8-9-10-11-12-13-14-15-16-17-22-34(40)38(27-28(3)4)33(7-2)35-37-32-21-19-18-20-31(32)36(41)39(35)30-25-23-29(5)24-26-30/h18-21,23-26,28,33H,6-17,22,27H2,1-5H3. The average Bonchev–Trinajstić information content (AvgIpc) is 2.96. The molecule has 1 unspecified atom stereocenters. The highest BCUT2D eigenvalue weighted by atomic mass is 16.2. The first kappa shape index (κ1) is 32.6. The SMILES string of the molecule is CCCCCCCCCCCCCC(=O)N(CC(C)C)C(CC)c1nc2ccccc2c(=O)n1-c1ccc(C)cc1. The second-order valence-electron chi connectivity index (χ2n) is 12.1. The Labute approximate surface area is 248 Å². The summed E-state index contributed by atoms with van der Waals surface area (Å²) in [6.45, 7) is 11.3. The summed E-state index contributed by atoms with van der Waals surface area (Å²) in [6.07, 6.45) is 15.1. The number of aryl methyl sites for hydroxylation is 1. The number of hydrogen-bond acceptors (Lipinski definition) is 3. The average molecular weight is 560 g/mol. The van der Waals surface area contributed by atoms with Crippen LogP contribution >= 0.6 is 0 Å². The summed E-state index contributed by atoms with van der Waals surface area (Å²) in [7, 11) is 0. The quantitative estimate of drug-likeness (QED) is 0.146. The smallest absolute Gasteiger partial charge is 0.266 e. The second-order valence-corrected chi connectivity index (χ2v) is 12.1. The molecule has 0 saturated carbocycles. The van der Waals surface area contributed by atoms with Gasteiger partial charge in [0.05, 0.1) is 22.6 Å². The number of unbranched alkanes of at least 4 members (excludes halogenated alkanes) is 10. The van der Waals surface area contributed by atoms with Crippen LogP contribution in [-0.2, 0) is 4.79 Å². The zero-order valence-corrected chi connectivity index (χ0v) is 26.3. The third-order valence-corrected chi connectivity index (χ3v) is 8.03. The van der Waals surface area contributed by atoms with Crippen LogP contribution in [0.2, 0.25) is 0 Å². The number of amides is 1. The van der Waals surface area contributed by atoms with Gasteiger partial charge in [-0.3, -0.25) is 14.2 Å². The van der Waals surface area contributed by atoms with Gasteiger partial charge in [-0.2, -0.15) is 0 Å². The minimum absolute atomic E-state index is 0.0878. The van der Waals surface area contributed by atoms with E-state index in [0.717, 1.165) is 24.1 Å². The lowest BCUT2D eigenvalue weighted by Crippen LogP contribution is -2.40. The molecule has 1 amide bonds. The Morgan fingerprint density at radius 1 is 0.829 bits per heavy atom. The number of hydrogen-bond donors (Lipinski definition) is 0. The molecule has 0 radical (unpaired) electrons. The molecule has 0 aliphatic rings. The van der Waals surface area contributed by atoms with Gasteiger partial charge in [0, 0.05) is 13.0 Å². The Balaban J connectivity index is 1.76. The molecule has 0 aliphatic heterocycles. The second kappa shape index (κ2) is 17.1. The number of fused-ring (bicyclic) bond motifs is 1. The third kappa shape index (κ3) is 9.55. The zero-order chi connectivity index (χ0) is 29.6. The summed E-state index contributed by atoms with van der Waals surface area (Å²) in [5, 5.41) is 0.592. The molecule has 2 aromatic carbocycles. The fourth-order valence-corrected chi connectivity index (χ4v) is 5.74. The molecule has 41 heavy (non-hydrogen) atoms. The minimum atomic E-state index is -0.281. The van der Waals surface area contributed by atoms with Crippen LogP contribution in [0.15, 0.2) is 53.3 Å². The van der Waals surface area contributed by atoms with Gasteiger partial charge in [-0.25, -0.2) is 4.98 Å². The minimum Gasteiger partial charge on any atom is -0.332 e. The number of nitrogens with zero attached hydrogens (tertiary/aromatic N) is 3. The molecule has 0 fully saturated rings. The zero-order valence-electron chi connectivity index (χ0n) is 26.3. The monoisotopic (exact) mass is 559 g/mol. The third-order valence-electron chi connectivity index (χ3n) is 8.03. The molecule has 0 saturated heterocycles. The largest absolute Gasteiger partial charge is 0.332 e. The van der Waals surface area contributed by atoms with Crippen molar-refractivity contribution in [3.63, 3.8) is 0 Å². The van der Waals surface area contributed by atoms with Gasteiger partial charge in [0.15, 0.2) is 0 Å². The van der Waals surface area contributed by atoms with E-state index in [0.29, 0.717) is 42.0 Å². The first-order valence-electron chi connectivity index (χ1n) is 16.3. The van der Waals surface area contributed by atoms with Crippen LogP contribution in [0.5, 0.6) is 0 Å². The molecule has 1 atom stereocenters. The maximum absolute atomic E-state index is 13.9. The van der Waals surface area contributed by atoms with E-state index in [4.69, 9.17) is 4.98 Å². The topological polar surface area (TPSA) is 55.2 Å². The van der Waals surface area contributed by atoms with Gasteiger partial charge in [-0.05, 0) is 49.9 Å². The van der Waals surface area contributed by atoms with E-state index >= 15 is 0 Å². The molecule has 1 heterocycles. The molecule has 3 rings (SSSR count). The van der Waals surface area contributed by atoms with Crippen molar-refractivity contribution < 1.29 is 4.79 Å². The highest BCUT2D eigenvalue weighted by molar-refractivity contribution is 5.79. The molecular weight excluding hydrogens is 506 g/mol. The highest BCUT2D eigenvalue weighted by Crippen LogP contribution is 2.28. The van der Waals surface area contributed by atoms with Crippen LogP contribution in [0.4, 0.5) is 0 Å². The van der Waals surface area contributed by atoms with Crippen LogP contribution < -0.4 is 5.56 Å². The highest BCUT2D eigenvalue weighted by Gasteiger charge is 2.29. The molecule has 0 bridgehead atoms. The molecule has 0 N–H and O–H groups in total. The Morgan fingerprint density at radius 2 is 1.41 bits per heavy atom. The molecule has 0 spiro atoms. The number of para-hydroxylation sites is 1. The van der Waals surface area contributed by atoms with E-state index in [1.165, 1.54) is 57.8 Å². The lowest BCUT2D eigenvalue weighted by atomic mass is 10.0. The Hall–Kier alpha value is -2.95. The van der Waals surface area contributed by atoms with E-state index in [-0.39, 0.29) is 17.5 Å².